The van der Waals surface area contributed by atoms with Crippen LogP contribution in [-0.2, 0) is 34.1 Å². The van der Waals surface area contributed by atoms with Crippen molar-refractivity contribution in [1.29, 1.82) is 0 Å². The SMILES string of the molecule is NS(=O)(=O)c1ccc(CCNC(=O)CC2CSc3nc4c(c(=O)n32)CCC4)cc1. The molecule has 0 saturated carbocycles. The number of benzene rings is 1. The van der Waals surface area contributed by atoms with Crippen LogP contribution >= 0.6 is 11.8 Å². The quantitative estimate of drug-likeness (QED) is 0.648. The molecule has 0 spiro atoms. The summed E-state index contributed by atoms with van der Waals surface area (Å²) in [7, 11) is -3.70. The van der Waals surface area contributed by atoms with Gasteiger partial charge in [0.15, 0.2) is 5.16 Å². The fraction of sp³-hybridized carbons (Fsp3) is 0.421. The van der Waals surface area contributed by atoms with Gasteiger partial charge in [0.05, 0.1) is 16.6 Å². The summed E-state index contributed by atoms with van der Waals surface area (Å²) < 4.78 is 24.2. The first kappa shape index (κ1) is 20.1. The summed E-state index contributed by atoms with van der Waals surface area (Å²) in [6.45, 7) is 0.428. The van der Waals surface area contributed by atoms with Crippen molar-refractivity contribution in [2.24, 2.45) is 5.14 Å². The molecule has 29 heavy (non-hydrogen) atoms. The molecule has 1 amide bonds. The summed E-state index contributed by atoms with van der Waals surface area (Å²) in [4.78, 5) is 29.8. The van der Waals surface area contributed by atoms with E-state index in [-0.39, 0.29) is 28.8 Å². The molecule has 1 aliphatic carbocycles. The molecule has 1 unspecified atom stereocenters. The Morgan fingerprint density at radius 3 is 2.76 bits per heavy atom. The topological polar surface area (TPSA) is 124 Å². The number of primary sulfonamides is 1. The van der Waals surface area contributed by atoms with Crippen LogP contribution in [0, 0.1) is 0 Å². The smallest absolute Gasteiger partial charge is 0.257 e. The van der Waals surface area contributed by atoms with Crippen LogP contribution in [-0.4, -0.2) is 36.2 Å². The number of carbonyl (C=O) groups is 1. The third kappa shape index (κ3) is 4.24. The minimum absolute atomic E-state index is 0.0141. The lowest BCUT2D eigenvalue weighted by Gasteiger charge is -2.14. The zero-order chi connectivity index (χ0) is 20.6. The van der Waals surface area contributed by atoms with Crippen molar-refractivity contribution < 1.29 is 13.2 Å². The lowest BCUT2D eigenvalue weighted by Crippen LogP contribution is -2.32. The van der Waals surface area contributed by atoms with Gasteiger partial charge in [-0.25, -0.2) is 18.5 Å². The highest BCUT2D eigenvalue weighted by atomic mass is 32.2. The normalized spacial score (nSPS) is 17.8. The molecule has 1 aromatic carbocycles. The van der Waals surface area contributed by atoms with Crippen molar-refractivity contribution in [3.63, 3.8) is 0 Å². The van der Waals surface area contributed by atoms with Gasteiger partial charge in [-0.15, -0.1) is 0 Å². The van der Waals surface area contributed by atoms with Crippen LogP contribution in [0.5, 0.6) is 0 Å². The molecule has 0 bridgehead atoms. The van der Waals surface area contributed by atoms with Crippen molar-refractivity contribution in [3.05, 3.63) is 51.4 Å². The molecule has 0 saturated heterocycles. The first-order valence-corrected chi connectivity index (χ1v) is 12.0. The maximum atomic E-state index is 12.8. The van der Waals surface area contributed by atoms with Crippen molar-refractivity contribution in [2.75, 3.05) is 12.3 Å². The van der Waals surface area contributed by atoms with Crippen LogP contribution in [0.25, 0.3) is 0 Å². The van der Waals surface area contributed by atoms with Gasteiger partial charge in [-0.1, -0.05) is 23.9 Å². The highest BCUT2D eigenvalue weighted by Gasteiger charge is 2.30. The fourth-order valence-corrected chi connectivity index (χ4v) is 5.45. The Morgan fingerprint density at radius 1 is 1.28 bits per heavy atom. The molecule has 8 nitrogen and oxygen atoms in total. The number of hydrogen-bond donors (Lipinski definition) is 2. The molecular formula is C19H22N4O4S2. The predicted octanol–water partition coefficient (Wildman–Crippen LogP) is 0.775. The van der Waals surface area contributed by atoms with E-state index in [9.17, 15) is 18.0 Å². The Morgan fingerprint density at radius 2 is 2.03 bits per heavy atom. The summed E-state index contributed by atoms with van der Waals surface area (Å²) in [5, 5.41) is 8.69. The van der Waals surface area contributed by atoms with Crippen LogP contribution in [0.2, 0.25) is 0 Å². The van der Waals surface area contributed by atoms with Gasteiger partial charge < -0.3 is 5.32 Å². The van der Waals surface area contributed by atoms with E-state index in [0.717, 1.165) is 41.2 Å². The number of nitrogens with zero attached hydrogens (tertiary/aromatic N) is 2. The van der Waals surface area contributed by atoms with Gasteiger partial charge >= 0.3 is 0 Å². The van der Waals surface area contributed by atoms with Gasteiger partial charge in [0.25, 0.3) is 5.56 Å². The van der Waals surface area contributed by atoms with Crippen molar-refractivity contribution in [1.82, 2.24) is 14.9 Å². The van der Waals surface area contributed by atoms with Crippen LogP contribution in [0.1, 0.15) is 35.7 Å². The Balaban J connectivity index is 1.33. The second-order valence-corrected chi connectivity index (χ2v) is 9.85. The van der Waals surface area contributed by atoms with Crippen LogP contribution in [0.15, 0.2) is 39.1 Å². The molecule has 3 N–H and O–H groups in total. The average Bonchev–Trinajstić information content (AvgIpc) is 3.29. The molecule has 0 fully saturated rings. The number of aryl methyl sites for hydroxylation is 1. The number of nitrogens with two attached hydrogens (primary N) is 1. The summed E-state index contributed by atoms with van der Waals surface area (Å²) in [6, 6.07) is 6.10. The van der Waals surface area contributed by atoms with Crippen LogP contribution in [0.3, 0.4) is 0 Å². The van der Waals surface area contributed by atoms with E-state index in [4.69, 9.17) is 5.14 Å². The molecule has 10 heteroatoms. The molecule has 2 heterocycles. The number of sulfonamides is 1. The average molecular weight is 435 g/mol. The molecule has 4 rings (SSSR count). The predicted molar refractivity (Wildman–Crippen MR) is 109 cm³/mol. The van der Waals surface area contributed by atoms with Crippen LogP contribution < -0.4 is 16.0 Å². The minimum Gasteiger partial charge on any atom is -0.356 e. The number of amides is 1. The third-order valence-electron chi connectivity index (χ3n) is 5.28. The van der Waals surface area contributed by atoms with E-state index in [1.807, 2.05) is 0 Å². The molecule has 1 aliphatic heterocycles. The van der Waals surface area contributed by atoms with Crippen LogP contribution in [0.4, 0.5) is 0 Å². The Labute approximate surface area is 173 Å². The summed E-state index contributed by atoms with van der Waals surface area (Å²) in [6.07, 6.45) is 3.42. The van der Waals surface area contributed by atoms with Gasteiger partial charge in [0.2, 0.25) is 15.9 Å². The number of rotatable bonds is 6. The van der Waals surface area contributed by atoms with Crippen molar-refractivity contribution in [2.45, 2.75) is 48.2 Å². The number of aromatic nitrogens is 2. The Bertz CT molecular complexity index is 1110. The second kappa shape index (κ2) is 7.92. The highest BCUT2D eigenvalue weighted by molar-refractivity contribution is 7.99. The van der Waals surface area contributed by atoms with Crippen molar-refractivity contribution >= 4 is 27.7 Å². The van der Waals surface area contributed by atoms with Gasteiger partial charge in [-0.3, -0.25) is 14.2 Å². The minimum atomic E-state index is -3.70. The second-order valence-electron chi connectivity index (χ2n) is 7.31. The molecule has 2 aromatic rings. The zero-order valence-corrected chi connectivity index (χ0v) is 17.4. The first-order valence-electron chi connectivity index (χ1n) is 9.48. The largest absolute Gasteiger partial charge is 0.356 e. The summed E-state index contributed by atoms with van der Waals surface area (Å²) in [5.41, 5.74) is 2.65. The van der Waals surface area contributed by atoms with E-state index in [0.29, 0.717) is 18.7 Å². The van der Waals surface area contributed by atoms with Gasteiger partial charge in [0, 0.05) is 24.3 Å². The fourth-order valence-electron chi connectivity index (χ4n) is 3.78. The Kier molecular flexibility index (Phi) is 5.50. The van der Waals surface area contributed by atoms with E-state index in [1.165, 1.54) is 23.9 Å². The summed E-state index contributed by atoms with van der Waals surface area (Å²) >= 11 is 1.53. The van der Waals surface area contributed by atoms with Gasteiger partial charge in [-0.05, 0) is 43.4 Å². The monoisotopic (exact) mass is 434 g/mol. The summed E-state index contributed by atoms with van der Waals surface area (Å²) in [5.74, 6) is 0.560. The van der Waals surface area contributed by atoms with E-state index >= 15 is 0 Å². The lowest BCUT2D eigenvalue weighted by molar-refractivity contribution is -0.121. The molecule has 2 aliphatic rings. The maximum Gasteiger partial charge on any atom is 0.257 e. The van der Waals surface area contributed by atoms with E-state index in [1.54, 1.807) is 16.7 Å². The van der Waals surface area contributed by atoms with E-state index < -0.39 is 10.0 Å². The number of thioether (sulfide) groups is 1. The maximum absolute atomic E-state index is 12.8. The number of fused-ring (bicyclic) bond motifs is 2. The lowest BCUT2D eigenvalue weighted by atomic mass is 10.1. The van der Waals surface area contributed by atoms with E-state index in [2.05, 4.69) is 10.3 Å². The van der Waals surface area contributed by atoms with Crippen molar-refractivity contribution in [3.8, 4) is 0 Å². The van der Waals surface area contributed by atoms with Gasteiger partial charge in [-0.2, -0.15) is 0 Å². The molecule has 1 atom stereocenters. The molecule has 154 valence electrons. The van der Waals surface area contributed by atoms with Gasteiger partial charge in [0.1, 0.15) is 0 Å². The number of hydrogen-bond acceptors (Lipinski definition) is 6. The molecule has 0 radical (unpaired) electrons. The molecular weight excluding hydrogens is 412 g/mol. The third-order valence-corrected chi connectivity index (χ3v) is 7.31. The standard InChI is InChI=1S/C19H22N4O4S2/c20-29(26,27)14-6-4-12(5-7-14)8-9-21-17(24)10-13-11-28-19-22-16-3-1-2-15(16)18(25)23(13)19/h4-7,13H,1-3,8-11H2,(H,21,24)(H2,20,26,27). The molecule has 1 aromatic heterocycles. The first-order chi connectivity index (χ1) is 13.8. The number of carbonyl (C=O) groups excluding carboxylic acids is 1. The number of nitrogens with one attached hydrogen (secondary N) is 1. The highest BCUT2D eigenvalue weighted by Crippen LogP contribution is 2.33. The Hall–Kier alpha value is -2.17. The zero-order valence-electron chi connectivity index (χ0n) is 15.8.